The summed E-state index contributed by atoms with van der Waals surface area (Å²) < 4.78 is 55.0. The van der Waals surface area contributed by atoms with E-state index < -0.39 is 15.9 Å². The molecule has 0 aromatic carbocycles. The smallest absolute Gasteiger partial charge is 0.251 e. The Kier molecular flexibility index (Phi) is 7.29. The molecule has 4 rings (SSSR count). The molecule has 0 unspecified atom stereocenters. The zero-order valence-corrected chi connectivity index (χ0v) is 21.7. The summed E-state index contributed by atoms with van der Waals surface area (Å²) in [6, 6.07) is 3.22. The van der Waals surface area contributed by atoms with Gasteiger partial charge in [-0.1, -0.05) is 20.8 Å². The van der Waals surface area contributed by atoms with Gasteiger partial charge in [-0.15, -0.1) is 0 Å². The molecule has 9 heteroatoms. The standard InChI is InChI=1S/C25H40F2N4O2S/c1-23(2,3)8-14-29-13-4-7-24(20-29)9-17-31(18-10-24)34(32,33)21-5-6-22(28-19-21)30-15-11-25(26,27)12-16-30/h5-6,19H,4,7-18,20H2,1-3H3. The maximum Gasteiger partial charge on any atom is 0.251 e. The molecule has 0 saturated carbocycles. The summed E-state index contributed by atoms with van der Waals surface area (Å²) in [5.41, 5.74) is 0.547. The molecule has 3 aliphatic rings. The van der Waals surface area contributed by atoms with Crippen molar-refractivity contribution in [2.75, 3.05) is 50.7 Å². The number of halogens is 2. The molecular formula is C25H40F2N4O2S. The summed E-state index contributed by atoms with van der Waals surface area (Å²) in [6.07, 6.45) is 6.32. The first-order valence-corrected chi connectivity index (χ1v) is 14.1. The summed E-state index contributed by atoms with van der Waals surface area (Å²) in [5, 5.41) is 0. The van der Waals surface area contributed by atoms with E-state index >= 15 is 0 Å². The minimum absolute atomic E-state index is 0.185. The van der Waals surface area contributed by atoms with Crippen LogP contribution in [0.5, 0.6) is 0 Å². The van der Waals surface area contributed by atoms with E-state index in [1.165, 1.54) is 25.5 Å². The number of hydrogen-bond acceptors (Lipinski definition) is 5. The topological polar surface area (TPSA) is 56.8 Å². The van der Waals surface area contributed by atoms with Crippen molar-refractivity contribution in [3.05, 3.63) is 18.3 Å². The molecule has 3 fully saturated rings. The van der Waals surface area contributed by atoms with E-state index in [0.29, 0.717) is 24.3 Å². The predicted molar refractivity (Wildman–Crippen MR) is 131 cm³/mol. The highest BCUT2D eigenvalue weighted by molar-refractivity contribution is 7.89. The first-order chi connectivity index (χ1) is 15.9. The summed E-state index contributed by atoms with van der Waals surface area (Å²) in [5.74, 6) is -2.06. The highest BCUT2D eigenvalue weighted by atomic mass is 32.2. The Labute approximate surface area is 203 Å². The van der Waals surface area contributed by atoms with E-state index in [0.717, 1.165) is 32.5 Å². The van der Waals surface area contributed by atoms with Crippen LogP contribution in [0, 0.1) is 10.8 Å². The van der Waals surface area contributed by atoms with Crippen LogP contribution in [0.25, 0.3) is 0 Å². The van der Waals surface area contributed by atoms with Gasteiger partial charge in [-0.05, 0) is 68.2 Å². The number of nitrogens with zero attached hydrogens (tertiary/aromatic N) is 4. The predicted octanol–water partition coefficient (Wildman–Crippen LogP) is 4.62. The normalized spacial score (nSPS) is 24.4. The van der Waals surface area contributed by atoms with Gasteiger partial charge < -0.3 is 9.80 Å². The van der Waals surface area contributed by atoms with Crippen LogP contribution < -0.4 is 4.90 Å². The Hall–Kier alpha value is -1.32. The molecule has 1 spiro atoms. The van der Waals surface area contributed by atoms with Crippen LogP contribution in [0.3, 0.4) is 0 Å². The Morgan fingerprint density at radius 1 is 0.971 bits per heavy atom. The number of piperidine rings is 3. The van der Waals surface area contributed by atoms with Gasteiger partial charge in [0.05, 0.1) is 0 Å². The molecule has 3 saturated heterocycles. The summed E-state index contributed by atoms with van der Waals surface area (Å²) >= 11 is 0. The van der Waals surface area contributed by atoms with E-state index in [1.807, 2.05) is 0 Å². The van der Waals surface area contributed by atoms with Crippen LogP contribution in [0.1, 0.15) is 65.7 Å². The average Bonchev–Trinajstić information content (AvgIpc) is 2.78. The maximum absolute atomic E-state index is 13.4. The molecule has 0 N–H and O–H groups in total. The third kappa shape index (κ3) is 6.08. The number of aromatic nitrogens is 1. The summed E-state index contributed by atoms with van der Waals surface area (Å²) in [6.45, 7) is 11.7. The number of anilines is 1. The van der Waals surface area contributed by atoms with Crippen molar-refractivity contribution in [2.45, 2.75) is 76.5 Å². The minimum Gasteiger partial charge on any atom is -0.356 e. The zero-order chi connectivity index (χ0) is 24.6. The molecule has 4 heterocycles. The molecule has 0 amide bonds. The minimum atomic E-state index is -3.61. The van der Waals surface area contributed by atoms with Crippen molar-refractivity contribution in [1.29, 1.82) is 0 Å². The Morgan fingerprint density at radius 3 is 2.24 bits per heavy atom. The van der Waals surface area contributed by atoms with Gasteiger partial charge in [0.15, 0.2) is 0 Å². The van der Waals surface area contributed by atoms with E-state index in [2.05, 4.69) is 30.7 Å². The number of sulfonamides is 1. The van der Waals surface area contributed by atoms with Crippen LogP contribution in [0.4, 0.5) is 14.6 Å². The fourth-order valence-corrected chi connectivity index (χ4v) is 6.92. The van der Waals surface area contributed by atoms with Gasteiger partial charge in [0.2, 0.25) is 10.0 Å². The molecule has 1 aromatic heterocycles. The van der Waals surface area contributed by atoms with Gasteiger partial charge >= 0.3 is 0 Å². The lowest BCUT2D eigenvalue weighted by Gasteiger charge is -2.47. The second kappa shape index (κ2) is 9.62. The number of likely N-dealkylation sites (tertiary alicyclic amines) is 1. The lowest BCUT2D eigenvalue weighted by Crippen LogP contribution is -2.51. The van der Waals surface area contributed by atoms with Crippen molar-refractivity contribution >= 4 is 15.8 Å². The molecule has 192 valence electrons. The largest absolute Gasteiger partial charge is 0.356 e. The lowest BCUT2D eigenvalue weighted by molar-refractivity contribution is -0.0221. The quantitative estimate of drug-likeness (QED) is 0.593. The first-order valence-electron chi connectivity index (χ1n) is 12.7. The fraction of sp³-hybridized carbons (Fsp3) is 0.800. The van der Waals surface area contributed by atoms with Crippen LogP contribution in [0.15, 0.2) is 23.2 Å². The highest BCUT2D eigenvalue weighted by Gasteiger charge is 2.41. The van der Waals surface area contributed by atoms with Gasteiger partial charge in [0.1, 0.15) is 10.7 Å². The molecule has 3 aliphatic heterocycles. The monoisotopic (exact) mass is 498 g/mol. The molecule has 6 nitrogen and oxygen atoms in total. The van der Waals surface area contributed by atoms with Crippen molar-refractivity contribution in [3.8, 4) is 0 Å². The van der Waals surface area contributed by atoms with Crippen LogP contribution in [0.2, 0.25) is 0 Å². The van der Waals surface area contributed by atoms with E-state index in [9.17, 15) is 17.2 Å². The SMILES string of the molecule is CC(C)(C)CCN1CCCC2(CCN(S(=O)(=O)c3ccc(N4CCC(F)(F)CC4)nc3)CC2)C1. The Morgan fingerprint density at radius 2 is 1.65 bits per heavy atom. The molecule has 1 aromatic rings. The van der Waals surface area contributed by atoms with Crippen LogP contribution in [-0.4, -0.2) is 74.3 Å². The van der Waals surface area contributed by atoms with Crippen molar-refractivity contribution in [1.82, 2.24) is 14.2 Å². The zero-order valence-electron chi connectivity index (χ0n) is 20.9. The lowest BCUT2D eigenvalue weighted by atomic mass is 9.73. The van der Waals surface area contributed by atoms with Gasteiger partial charge in [-0.3, -0.25) is 0 Å². The molecule has 0 atom stereocenters. The Bertz CT molecular complexity index is 929. The maximum atomic E-state index is 13.4. The van der Waals surface area contributed by atoms with Crippen LogP contribution in [-0.2, 0) is 10.0 Å². The van der Waals surface area contributed by atoms with Crippen molar-refractivity contribution in [2.24, 2.45) is 10.8 Å². The van der Waals surface area contributed by atoms with E-state index in [4.69, 9.17) is 0 Å². The average molecular weight is 499 g/mol. The molecule has 34 heavy (non-hydrogen) atoms. The fourth-order valence-electron chi connectivity index (χ4n) is 5.53. The van der Waals surface area contributed by atoms with Crippen molar-refractivity contribution in [3.63, 3.8) is 0 Å². The number of rotatable bonds is 5. The van der Waals surface area contributed by atoms with E-state index in [-0.39, 0.29) is 36.2 Å². The molecule has 0 aliphatic carbocycles. The summed E-state index contributed by atoms with van der Waals surface area (Å²) in [4.78, 5) is 8.88. The molecular weight excluding hydrogens is 458 g/mol. The number of alkyl halides is 2. The number of hydrogen-bond donors (Lipinski definition) is 0. The molecule has 0 radical (unpaired) electrons. The first kappa shape index (κ1) is 25.8. The van der Waals surface area contributed by atoms with Gasteiger partial charge in [-0.2, -0.15) is 4.31 Å². The van der Waals surface area contributed by atoms with Crippen LogP contribution >= 0.6 is 0 Å². The van der Waals surface area contributed by atoms with E-state index in [1.54, 1.807) is 21.3 Å². The van der Waals surface area contributed by atoms with Crippen molar-refractivity contribution < 1.29 is 17.2 Å². The highest BCUT2D eigenvalue weighted by Crippen LogP contribution is 2.41. The number of pyridine rings is 1. The second-order valence-electron chi connectivity index (χ2n) is 11.8. The van der Waals surface area contributed by atoms with Gasteiger partial charge in [-0.25, -0.2) is 22.2 Å². The second-order valence-corrected chi connectivity index (χ2v) is 13.7. The third-order valence-corrected chi connectivity index (χ3v) is 9.76. The summed E-state index contributed by atoms with van der Waals surface area (Å²) in [7, 11) is -3.61. The van der Waals surface area contributed by atoms with Gasteiger partial charge in [0, 0.05) is 51.8 Å². The van der Waals surface area contributed by atoms with Gasteiger partial charge in [0.25, 0.3) is 5.92 Å². The molecule has 0 bridgehead atoms. The Balaban J connectivity index is 1.34. The third-order valence-electron chi connectivity index (χ3n) is 7.88.